The van der Waals surface area contributed by atoms with Crippen LogP contribution in [0.5, 0.6) is 5.75 Å². The van der Waals surface area contributed by atoms with Crippen molar-refractivity contribution in [1.82, 2.24) is 0 Å². The molecule has 0 aliphatic rings. The molecular weight excluding hydrogens is 168 g/mol. The van der Waals surface area contributed by atoms with Crippen LogP contribution in [-0.2, 0) is 4.79 Å². The third kappa shape index (κ3) is 3.53. The molecule has 1 aromatic rings. The highest BCUT2D eigenvalue weighted by molar-refractivity contribution is 5.83. The van der Waals surface area contributed by atoms with Crippen LogP contribution in [0.2, 0.25) is 0 Å². The highest BCUT2D eigenvalue weighted by Crippen LogP contribution is 2.08. The van der Waals surface area contributed by atoms with Crippen molar-refractivity contribution in [2.24, 2.45) is 0 Å². The van der Waals surface area contributed by atoms with Gasteiger partial charge in [0.25, 0.3) is 0 Å². The molecule has 0 amide bonds. The average molecular weight is 178 g/mol. The van der Waals surface area contributed by atoms with E-state index in [1.54, 1.807) is 24.3 Å². The standard InChI is InChI=1S/C10H10O3/c11-8-4-7-10(12)13-9-5-2-1-3-6-9/h1-7,11H,8H2/b7-4+. The lowest BCUT2D eigenvalue weighted by molar-refractivity contribution is -0.129. The molecule has 0 saturated heterocycles. The van der Waals surface area contributed by atoms with Gasteiger partial charge in [0.1, 0.15) is 5.75 Å². The summed E-state index contributed by atoms with van der Waals surface area (Å²) in [7, 11) is 0. The Morgan fingerprint density at radius 3 is 2.69 bits per heavy atom. The number of benzene rings is 1. The van der Waals surface area contributed by atoms with Gasteiger partial charge in [-0.05, 0) is 12.1 Å². The van der Waals surface area contributed by atoms with Gasteiger partial charge in [-0.1, -0.05) is 24.3 Å². The van der Waals surface area contributed by atoms with Gasteiger partial charge in [-0.3, -0.25) is 0 Å². The van der Waals surface area contributed by atoms with Crippen molar-refractivity contribution < 1.29 is 14.6 Å². The number of hydrogen-bond donors (Lipinski definition) is 1. The Morgan fingerprint density at radius 1 is 1.38 bits per heavy atom. The molecule has 1 N–H and O–H groups in total. The quantitative estimate of drug-likeness (QED) is 0.429. The van der Waals surface area contributed by atoms with Crippen LogP contribution in [0.4, 0.5) is 0 Å². The van der Waals surface area contributed by atoms with Gasteiger partial charge >= 0.3 is 5.97 Å². The maximum atomic E-state index is 11.0. The van der Waals surface area contributed by atoms with Gasteiger partial charge in [0.05, 0.1) is 6.61 Å². The van der Waals surface area contributed by atoms with Crippen LogP contribution in [-0.4, -0.2) is 17.7 Å². The van der Waals surface area contributed by atoms with E-state index in [9.17, 15) is 4.79 Å². The summed E-state index contributed by atoms with van der Waals surface area (Å²) in [6, 6.07) is 8.76. The number of carbonyl (C=O) groups is 1. The highest BCUT2D eigenvalue weighted by atomic mass is 16.5. The molecule has 0 saturated carbocycles. The zero-order valence-electron chi connectivity index (χ0n) is 7.01. The van der Waals surface area contributed by atoms with Crippen LogP contribution in [0.25, 0.3) is 0 Å². The molecule has 0 aromatic heterocycles. The van der Waals surface area contributed by atoms with Crippen molar-refractivity contribution in [2.75, 3.05) is 6.61 Å². The van der Waals surface area contributed by atoms with Crippen molar-refractivity contribution in [2.45, 2.75) is 0 Å². The van der Waals surface area contributed by atoms with E-state index in [0.717, 1.165) is 0 Å². The molecule has 0 unspecified atom stereocenters. The van der Waals surface area contributed by atoms with E-state index in [2.05, 4.69) is 0 Å². The second-order valence-electron chi connectivity index (χ2n) is 2.32. The van der Waals surface area contributed by atoms with E-state index in [-0.39, 0.29) is 6.61 Å². The predicted molar refractivity (Wildman–Crippen MR) is 48.3 cm³/mol. The second-order valence-corrected chi connectivity index (χ2v) is 2.32. The Kier molecular flexibility index (Phi) is 3.73. The minimum absolute atomic E-state index is 0.163. The van der Waals surface area contributed by atoms with E-state index in [4.69, 9.17) is 9.84 Å². The lowest BCUT2D eigenvalue weighted by Crippen LogP contribution is -2.03. The molecule has 1 aromatic carbocycles. The van der Waals surface area contributed by atoms with Crippen LogP contribution in [0.1, 0.15) is 0 Å². The van der Waals surface area contributed by atoms with E-state index in [1.165, 1.54) is 12.2 Å². The van der Waals surface area contributed by atoms with E-state index < -0.39 is 5.97 Å². The Bertz CT molecular complexity index is 290. The normalized spacial score (nSPS) is 10.2. The molecule has 3 heteroatoms. The van der Waals surface area contributed by atoms with Crippen LogP contribution in [0, 0.1) is 0 Å². The number of aliphatic hydroxyl groups excluding tert-OH is 1. The summed E-state index contributed by atoms with van der Waals surface area (Å²) in [5, 5.41) is 8.39. The largest absolute Gasteiger partial charge is 0.423 e. The van der Waals surface area contributed by atoms with Crippen molar-refractivity contribution in [3.8, 4) is 5.75 Å². The van der Waals surface area contributed by atoms with E-state index in [0.29, 0.717) is 5.75 Å². The van der Waals surface area contributed by atoms with Gasteiger partial charge in [-0.25, -0.2) is 4.79 Å². The highest BCUT2D eigenvalue weighted by Gasteiger charge is 1.97. The summed E-state index contributed by atoms with van der Waals surface area (Å²) in [6.45, 7) is -0.163. The summed E-state index contributed by atoms with van der Waals surface area (Å²) < 4.78 is 4.88. The van der Waals surface area contributed by atoms with Gasteiger partial charge < -0.3 is 9.84 Å². The van der Waals surface area contributed by atoms with Gasteiger partial charge in [0, 0.05) is 6.08 Å². The Labute approximate surface area is 76.3 Å². The minimum Gasteiger partial charge on any atom is -0.423 e. The SMILES string of the molecule is O=C(/C=C/CO)Oc1ccccc1. The lowest BCUT2D eigenvalue weighted by Gasteiger charge is -1.98. The first-order valence-corrected chi connectivity index (χ1v) is 3.87. The molecule has 68 valence electrons. The van der Waals surface area contributed by atoms with Crippen molar-refractivity contribution >= 4 is 5.97 Å². The molecule has 3 nitrogen and oxygen atoms in total. The Morgan fingerprint density at radius 2 is 2.08 bits per heavy atom. The van der Waals surface area contributed by atoms with Crippen molar-refractivity contribution in [3.63, 3.8) is 0 Å². The Hall–Kier alpha value is -1.61. The average Bonchev–Trinajstić information content (AvgIpc) is 2.16. The summed E-state index contributed by atoms with van der Waals surface area (Å²) in [5.41, 5.74) is 0. The maximum Gasteiger partial charge on any atom is 0.335 e. The number of rotatable bonds is 3. The smallest absolute Gasteiger partial charge is 0.335 e. The predicted octanol–water partition coefficient (Wildman–Crippen LogP) is 1.14. The number of hydrogen-bond acceptors (Lipinski definition) is 3. The zero-order chi connectivity index (χ0) is 9.52. The van der Waals surface area contributed by atoms with Gasteiger partial charge in [0.15, 0.2) is 0 Å². The molecule has 0 aliphatic carbocycles. The first-order valence-electron chi connectivity index (χ1n) is 3.87. The molecule has 0 radical (unpaired) electrons. The number of esters is 1. The van der Waals surface area contributed by atoms with Gasteiger partial charge in [-0.2, -0.15) is 0 Å². The van der Waals surface area contributed by atoms with Crippen LogP contribution in [0.3, 0.4) is 0 Å². The lowest BCUT2D eigenvalue weighted by atomic mass is 10.3. The minimum atomic E-state index is -0.486. The molecule has 0 bridgehead atoms. The van der Waals surface area contributed by atoms with E-state index >= 15 is 0 Å². The monoisotopic (exact) mass is 178 g/mol. The first-order chi connectivity index (χ1) is 6.33. The van der Waals surface area contributed by atoms with Crippen LogP contribution < -0.4 is 4.74 Å². The molecule has 0 fully saturated rings. The summed E-state index contributed by atoms with van der Waals surface area (Å²) in [4.78, 5) is 11.0. The molecule has 0 spiro atoms. The first kappa shape index (κ1) is 9.48. The molecule has 0 aliphatic heterocycles. The molecule has 0 heterocycles. The van der Waals surface area contributed by atoms with Crippen molar-refractivity contribution in [3.05, 3.63) is 42.5 Å². The summed E-state index contributed by atoms with van der Waals surface area (Å²) >= 11 is 0. The van der Waals surface area contributed by atoms with Crippen LogP contribution >= 0.6 is 0 Å². The topological polar surface area (TPSA) is 46.5 Å². The summed E-state index contributed by atoms with van der Waals surface area (Å²) in [6.07, 6.45) is 2.51. The maximum absolute atomic E-state index is 11.0. The number of ether oxygens (including phenoxy) is 1. The number of aliphatic hydroxyl groups is 1. The number of carbonyl (C=O) groups excluding carboxylic acids is 1. The molecule has 0 atom stereocenters. The van der Waals surface area contributed by atoms with Gasteiger partial charge in [0.2, 0.25) is 0 Å². The van der Waals surface area contributed by atoms with Gasteiger partial charge in [-0.15, -0.1) is 0 Å². The fourth-order valence-corrected chi connectivity index (χ4v) is 0.788. The zero-order valence-corrected chi connectivity index (χ0v) is 7.01. The van der Waals surface area contributed by atoms with Crippen LogP contribution in [0.15, 0.2) is 42.5 Å². The molecule has 1 rings (SSSR count). The Balaban J connectivity index is 2.50. The third-order valence-electron chi connectivity index (χ3n) is 1.32. The fourth-order valence-electron chi connectivity index (χ4n) is 0.788. The third-order valence-corrected chi connectivity index (χ3v) is 1.32. The fraction of sp³-hybridized carbons (Fsp3) is 0.100. The second kappa shape index (κ2) is 5.11. The van der Waals surface area contributed by atoms with Crippen molar-refractivity contribution in [1.29, 1.82) is 0 Å². The molecule has 13 heavy (non-hydrogen) atoms. The van der Waals surface area contributed by atoms with E-state index in [1.807, 2.05) is 6.07 Å². The summed E-state index contributed by atoms with van der Waals surface area (Å²) in [5.74, 6) is 0.00957. The molecular formula is C10H10O3. The number of para-hydroxylation sites is 1.